The van der Waals surface area contributed by atoms with Crippen LogP contribution < -0.4 is 5.43 Å². The Kier molecular flexibility index (Phi) is 4.84. The molecule has 1 N–H and O–H groups in total. The predicted octanol–water partition coefficient (Wildman–Crippen LogP) is 2.20. The number of hydrogen-bond acceptors (Lipinski definition) is 4. The normalized spacial score (nSPS) is 21.1. The third kappa shape index (κ3) is 3.20. The van der Waals surface area contributed by atoms with E-state index in [1.165, 1.54) is 19.3 Å². The largest absolute Gasteiger partial charge is 0.503 e. The van der Waals surface area contributed by atoms with Gasteiger partial charge in [0.05, 0.1) is 18.9 Å². The molecule has 1 saturated heterocycles. The van der Waals surface area contributed by atoms with Gasteiger partial charge in [-0.2, -0.15) is 0 Å². The lowest BCUT2D eigenvalue weighted by molar-refractivity contribution is 0.0323. The van der Waals surface area contributed by atoms with E-state index in [1.807, 2.05) is 6.92 Å². The molecule has 3 rings (SSSR count). The minimum absolute atomic E-state index is 0.0670. The number of aromatic nitrogens is 1. The van der Waals surface area contributed by atoms with Crippen LogP contribution in [0.3, 0.4) is 0 Å². The van der Waals surface area contributed by atoms with Crippen molar-refractivity contribution in [2.24, 2.45) is 0 Å². The van der Waals surface area contributed by atoms with Gasteiger partial charge in [-0.3, -0.25) is 9.69 Å². The third-order valence-electron chi connectivity index (χ3n) is 4.93. The first kappa shape index (κ1) is 15.6. The average Bonchev–Trinajstić information content (AvgIpc) is 2.54. The molecule has 1 aliphatic carbocycles. The van der Waals surface area contributed by atoms with E-state index >= 15 is 0 Å². The van der Waals surface area contributed by atoms with Crippen LogP contribution in [-0.2, 0) is 11.3 Å². The van der Waals surface area contributed by atoms with Crippen LogP contribution in [0.25, 0.3) is 0 Å². The Balaban J connectivity index is 1.95. The number of nitrogens with zero attached hydrogens (tertiary/aromatic N) is 2. The number of morpholine rings is 1. The fourth-order valence-corrected chi connectivity index (χ4v) is 3.77. The molecule has 2 heterocycles. The number of rotatable bonds is 3. The molecule has 0 bridgehead atoms. The van der Waals surface area contributed by atoms with Gasteiger partial charge in [-0.05, 0) is 19.8 Å². The molecule has 2 fully saturated rings. The number of aryl methyl sites for hydroxylation is 1. The Morgan fingerprint density at radius 3 is 2.59 bits per heavy atom. The molecule has 0 spiro atoms. The molecule has 1 aliphatic heterocycles. The maximum absolute atomic E-state index is 12.0. The molecule has 5 heteroatoms. The molecule has 1 aromatic rings. The maximum Gasteiger partial charge on any atom is 0.223 e. The van der Waals surface area contributed by atoms with E-state index in [0.29, 0.717) is 12.6 Å². The van der Waals surface area contributed by atoms with E-state index < -0.39 is 0 Å². The zero-order valence-electron chi connectivity index (χ0n) is 13.4. The molecular formula is C17H26N2O3. The lowest BCUT2D eigenvalue weighted by atomic mass is 9.94. The highest BCUT2D eigenvalue weighted by Crippen LogP contribution is 2.32. The van der Waals surface area contributed by atoms with Crippen molar-refractivity contribution in [2.45, 2.75) is 51.6 Å². The number of ether oxygens (including phenoxy) is 1. The Labute approximate surface area is 131 Å². The van der Waals surface area contributed by atoms with Crippen LogP contribution in [-0.4, -0.2) is 40.9 Å². The monoisotopic (exact) mass is 306 g/mol. The zero-order valence-corrected chi connectivity index (χ0v) is 13.4. The van der Waals surface area contributed by atoms with Crippen LogP contribution in [0.1, 0.15) is 49.5 Å². The van der Waals surface area contributed by atoms with Gasteiger partial charge in [-0.1, -0.05) is 19.3 Å². The van der Waals surface area contributed by atoms with Gasteiger partial charge in [0, 0.05) is 37.4 Å². The van der Waals surface area contributed by atoms with Gasteiger partial charge in [0.15, 0.2) is 5.75 Å². The first-order chi connectivity index (χ1) is 10.7. The van der Waals surface area contributed by atoms with Crippen molar-refractivity contribution in [2.75, 3.05) is 26.3 Å². The minimum Gasteiger partial charge on any atom is -0.503 e. The summed E-state index contributed by atoms with van der Waals surface area (Å²) >= 11 is 0. The molecule has 5 nitrogen and oxygen atoms in total. The van der Waals surface area contributed by atoms with Crippen molar-refractivity contribution >= 4 is 0 Å². The summed E-state index contributed by atoms with van der Waals surface area (Å²) in [6, 6.07) is 1.99. The molecule has 0 atom stereocenters. The zero-order chi connectivity index (χ0) is 15.5. The fourth-order valence-electron chi connectivity index (χ4n) is 3.77. The van der Waals surface area contributed by atoms with Crippen LogP contribution in [0.4, 0.5) is 0 Å². The quantitative estimate of drug-likeness (QED) is 0.930. The fraction of sp³-hybridized carbons (Fsp3) is 0.706. The Morgan fingerprint density at radius 1 is 1.23 bits per heavy atom. The van der Waals surface area contributed by atoms with E-state index in [1.54, 1.807) is 6.07 Å². The highest BCUT2D eigenvalue weighted by atomic mass is 16.5. The van der Waals surface area contributed by atoms with Crippen LogP contribution in [0.5, 0.6) is 5.75 Å². The lowest BCUT2D eigenvalue weighted by Gasteiger charge is -2.33. The van der Waals surface area contributed by atoms with Gasteiger partial charge in [-0.25, -0.2) is 0 Å². The van der Waals surface area contributed by atoms with Crippen molar-refractivity contribution in [3.8, 4) is 5.75 Å². The predicted molar refractivity (Wildman–Crippen MR) is 85.3 cm³/mol. The summed E-state index contributed by atoms with van der Waals surface area (Å²) in [6.07, 6.45) is 6.03. The second kappa shape index (κ2) is 6.84. The van der Waals surface area contributed by atoms with Gasteiger partial charge < -0.3 is 14.4 Å². The van der Waals surface area contributed by atoms with E-state index in [4.69, 9.17) is 4.74 Å². The molecule has 0 radical (unpaired) electrons. The van der Waals surface area contributed by atoms with Crippen molar-refractivity contribution in [3.05, 3.63) is 27.7 Å². The Hall–Kier alpha value is -1.33. The number of hydrogen-bond donors (Lipinski definition) is 1. The third-order valence-corrected chi connectivity index (χ3v) is 4.93. The summed E-state index contributed by atoms with van der Waals surface area (Å²) in [7, 11) is 0. The molecule has 1 saturated carbocycles. The van der Waals surface area contributed by atoms with E-state index in [2.05, 4.69) is 9.47 Å². The summed E-state index contributed by atoms with van der Waals surface area (Å²) in [5, 5.41) is 10.4. The van der Waals surface area contributed by atoms with E-state index in [0.717, 1.165) is 50.5 Å². The summed E-state index contributed by atoms with van der Waals surface area (Å²) in [4.78, 5) is 14.3. The van der Waals surface area contributed by atoms with E-state index in [-0.39, 0.29) is 11.2 Å². The van der Waals surface area contributed by atoms with Gasteiger partial charge in [0.2, 0.25) is 5.43 Å². The first-order valence-electron chi connectivity index (χ1n) is 8.41. The van der Waals surface area contributed by atoms with Crippen LogP contribution in [0, 0.1) is 6.92 Å². The molecule has 0 unspecified atom stereocenters. The van der Waals surface area contributed by atoms with Gasteiger partial charge >= 0.3 is 0 Å². The lowest BCUT2D eigenvalue weighted by Crippen LogP contribution is -2.37. The number of pyridine rings is 1. The van der Waals surface area contributed by atoms with Crippen molar-refractivity contribution in [1.82, 2.24) is 9.47 Å². The summed E-state index contributed by atoms with van der Waals surface area (Å²) < 4.78 is 7.62. The number of aromatic hydroxyl groups is 1. The molecule has 0 amide bonds. The first-order valence-corrected chi connectivity index (χ1v) is 8.41. The summed E-state index contributed by atoms with van der Waals surface area (Å²) in [6.45, 7) is 5.76. The Morgan fingerprint density at radius 2 is 1.91 bits per heavy atom. The highest BCUT2D eigenvalue weighted by molar-refractivity contribution is 5.30. The van der Waals surface area contributed by atoms with E-state index in [9.17, 15) is 9.90 Å². The molecule has 1 aromatic heterocycles. The van der Waals surface area contributed by atoms with Gasteiger partial charge in [-0.15, -0.1) is 0 Å². The van der Waals surface area contributed by atoms with Gasteiger partial charge in [0.25, 0.3) is 0 Å². The maximum atomic E-state index is 12.0. The topological polar surface area (TPSA) is 54.7 Å². The smallest absolute Gasteiger partial charge is 0.223 e. The van der Waals surface area contributed by atoms with Crippen molar-refractivity contribution in [3.63, 3.8) is 0 Å². The molecule has 2 aliphatic rings. The molecule has 22 heavy (non-hydrogen) atoms. The van der Waals surface area contributed by atoms with Crippen LogP contribution in [0.2, 0.25) is 0 Å². The second-order valence-corrected chi connectivity index (χ2v) is 6.50. The van der Waals surface area contributed by atoms with Crippen molar-refractivity contribution < 1.29 is 9.84 Å². The molecule has 122 valence electrons. The second-order valence-electron chi connectivity index (χ2n) is 6.50. The van der Waals surface area contributed by atoms with Crippen molar-refractivity contribution in [1.29, 1.82) is 0 Å². The summed E-state index contributed by atoms with van der Waals surface area (Å²) in [5.74, 6) is -0.0670. The molecule has 0 aromatic carbocycles. The standard InChI is InChI=1S/C17H26N2O3/c1-13-11-16(20)17(21)15(12-18-7-9-22-10-8-18)19(13)14-5-3-2-4-6-14/h11,14,21H,2-10,12H2,1H3. The van der Waals surface area contributed by atoms with Crippen LogP contribution in [0.15, 0.2) is 10.9 Å². The SMILES string of the molecule is Cc1cc(=O)c(O)c(CN2CCOCC2)n1C1CCCCC1. The molecular weight excluding hydrogens is 280 g/mol. The van der Waals surface area contributed by atoms with Gasteiger partial charge in [0.1, 0.15) is 0 Å². The average molecular weight is 306 g/mol. The van der Waals surface area contributed by atoms with Crippen LogP contribution >= 0.6 is 0 Å². The Bertz CT molecular complexity index is 570. The minimum atomic E-state index is -0.257. The summed E-state index contributed by atoms with van der Waals surface area (Å²) in [5.41, 5.74) is 1.50. The highest BCUT2D eigenvalue weighted by Gasteiger charge is 2.23.